The number of oxime groups is 1. The van der Waals surface area contributed by atoms with Gasteiger partial charge in [0.25, 0.3) is 0 Å². The maximum atomic E-state index is 13.8. The Morgan fingerprint density at radius 1 is 1.21 bits per heavy atom. The predicted octanol–water partition coefficient (Wildman–Crippen LogP) is 4.91. The Labute approximate surface area is 144 Å². The van der Waals surface area contributed by atoms with E-state index in [-0.39, 0.29) is 5.82 Å². The quantitative estimate of drug-likeness (QED) is 0.488. The molecule has 122 valence electrons. The largest absolute Gasteiger partial charge is 0.399 e. The van der Waals surface area contributed by atoms with E-state index in [1.165, 1.54) is 24.5 Å². The van der Waals surface area contributed by atoms with Crippen LogP contribution in [-0.4, -0.2) is 17.8 Å². The average molecular weight is 340 g/mol. The van der Waals surface area contributed by atoms with E-state index in [4.69, 9.17) is 4.84 Å². The first-order valence-corrected chi connectivity index (χ1v) is 8.41. The van der Waals surface area contributed by atoms with E-state index in [0.717, 1.165) is 27.5 Å². The molecular formula is C19H17FN2OS. The minimum atomic E-state index is -0.192. The summed E-state index contributed by atoms with van der Waals surface area (Å²) in [6, 6.07) is 14.8. The molecule has 3 aromatic rings. The second kappa shape index (κ2) is 7.36. The SMILES string of the molecule is CO/N=C(\C)c1cccc(-c2csc(Cc3ccccc3F)n2)c1. The van der Waals surface area contributed by atoms with Crippen LogP contribution in [0.25, 0.3) is 11.3 Å². The van der Waals surface area contributed by atoms with Gasteiger partial charge in [0, 0.05) is 17.4 Å². The average Bonchev–Trinajstić information content (AvgIpc) is 3.06. The molecule has 1 heterocycles. The highest BCUT2D eigenvalue weighted by atomic mass is 32.1. The standard InChI is InChI=1S/C19H17FN2OS/c1-13(22-23-2)14-7-5-8-16(10-14)18-12-24-19(21-18)11-15-6-3-4-9-17(15)20/h3-10,12H,11H2,1-2H3/b22-13+. The van der Waals surface area contributed by atoms with Crippen molar-refractivity contribution in [3.05, 3.63) is 75.9 Å². The lowest BCUT2D eigenvalue weighted by Gasteiger charge is -2.03. The summed E-state index contributed by atoms with van der Waals surface area (Å²) < 4.78 is 13.8. The summed E-state index contributed by atoms with van der Waals surface area (Å²) in [5.74, 6) is -0.192. The molecule has 2 aromatic carbocycles. The van der Waals surface area contributed by atoms with Gasteiger partial charge >= 0.3 is 0 Å². The molecule has 0 N–H and O–H groups in total. The zero-order valence-electron chi connectivity index (χ0n) is 13.5. The van der Waals surface area contributed by atoms with Crippen molar-refractivity contribution in [2.45, 2.75) is 13.3 Å². The Morgan fingerprint density at radius 2 is 2.04 bits per heavy atom. The summed E-state index contributed by atoms with van der Waals surface area (Å²) in [6.07, 6.45) is 0.501. The lowest BCUT2D eigenvalue weighted by atomic mass is 10.1. The summed E-state index contributed by atoms with van der Waals surface area (Å²) in [4.78, 5) is 9.47. The second-order valence-electron chi connectivity index (χ2n) is 5.33. The number of hydrogen-bond acceptors (Lipinski definition) is 4. The molecule has 0 saturated heterocycles. The van der Waals surface area contributed by atoms with Crippen molar-refractivity contribution >= 4 is 17.0 Å². The van der Waals surface area contributed by atoms with Crippen molar-refractivity contribution in [1.29, 1.82) is 0 Å². The number of aromatic nitrogens is 1. The van der Waals surface area contributed by atoms with Crippen LogP contribution in [0.15, 0.2) is 59.1 Å². The minimum Gasteiger partial charge on any atom is -0.399 e. The number of hydrogen-bond donors (Lipinski definition) is 0. The third-order valence-electron chi connectivity index (χ3n) is 3.66. The monoisotopic (exact) mass is 340 g/mol. The third-order valence-corrected chi connectivity index (χ3v) is 4.50. The molecule has 0 bridgehead atoms. The first kappa shape index (κ1) is 16.3. The van der Waals surface area contributed by atoms with Gasteiger partial charge in [-0.3, -0.25) is 0 Å². The maximum Gasteiger partial charge on any atom is 0.126 e. The molecule has 0 amide bonds. The maximum absolute atomic E-state index is 13.8. The Hall–Kier alpha value is -2.53. The van der Waals surface area contributed by atoms with Crippen LogP contribution in [0.4, 0.5) is 4.39 Å². The first-order chi connectivity index (χ1) is 11.7. The molecule has 0 aliphatic heterocycles. The molecule has 1 aromatic heterocycles. The van der Waals surface area contributed by atoms with Gasteiger partial charge in [0.15, 0.2) is 0 Å². The van der Waals surface area contributed by atoms with E-state index in [1.807, 2.05) is 42.6 Å². The number of nitrogens with zero attached hydrogens (tertiary/aromatic N) is 2. The minimum absolute atomic E-state index is 0.192. The molecule has 0 radical (unpaired) electrons. The summed E-state index contributed by atoms with van der Waals surface area (Å²) in [6.45, 7) is 1.90. The van der Waals surface area contributed by atoms with E-state index in [2.05, 4.69) is 10.1 Å². The number of rotatable bonds is 5. The van der Waals surface area contributed by atoms with Crippen LogP contribution in [0.1, 0.15) is 23.1 Å². The zero-order valence-corrected chi connectivity index (χ0v) is 14.3. The van der Waals surface area contributed by atoms with E-state index >= 15 is 0 Å². The highest BCUT2D eigenvalue weighted by molar-refractivity contribution is 7.10. The van der Waals surface area contributed by atoms with Gasteiger partial charge in [-0.05, 0) is 30.2 Å². The highest BCUT2D eigenvalue weighted by Gasteiger charge is 2.09. The number of benzene rings is 2. The van der Waals surface area contributed by atoms with Crippen LogP contribution >= 0.6 is 11.3 Å². The highest BCUT2D eigenvalue weighted by Crippen LogP contribution is 2.25. The molecule has 3 rings (SSSR count). The molecule has 24 heavy (non-hydrogen) atoms. The molecule has 5 heteroatoms. The predicted molar refractivity (Wildman–Crippen MR) is 96.0 cm³/mol. The van der Waals surface area contributed by atoms with Crippen molar-refractivity contribution < 1.29 is 9.23 Å². The fraction of sp³-hybridized carbons (Fsp3) is 0.158. The van der Waals surface area contributed by atoms with Crippen molar-refractivity contribution in [2.24, 2.45) is 5.16 Å². The van der Waals surface area contributed by atoms with Gasteiger partial charge in [-0.25, -0.2) is 9.37 Å². The normalized spacial score (nSPS) is 11.5. The topological polar surface area (TPSA) is 34.5 Å². The summed E-state index contributed by atoms with van der Waals surface area (Å²) in [5.41, 5.74) is 4.35. The Bertz CT molecular complexity index is 873. The van der Waals surface area contributed by atoms with Crippen molar-refractivity contribution in [3.8, 4) is 11.3 Å². The van der Waals surface area contributed by atoms with Gasteiger partial charge < -0.3 is 4.84 Å². The Kier molecular flexibility index (Phi) is 5.01. The van der Waals surface area contributed by atoms with Crippen LogP contribution in [0.2, 0.25) is 0 Å². The van der Waals surface area contributed by atoms with Crippen LogP contribution in [-0.2, 0) is 11.3 Å². The van der Waals surface area contributed by atoms with Gasteiger partial charge in [-0.2, -0.15) is 0 Å². The van der Waals surface area contributed by atoms with Crippen molar-refractivity contribution in [1.82, 2.24) is 4.98 Å². The third kappa shape index (κ3) is 3.68. The number of thiazole rings is 1. The molecule has 0 aliphatic carbocycles. The molecule has 0 saturated carbocycles. The van der Waals surface area contributed by atoms with Crippen LogP contribution < -0.4 is 0 Å². The lowest BCUT2D eigenvalue weighted by molar-refractivity contribution is 0.213. The van der Waals surface area contributed by atoms with Crippen LogP contribution in [0.5, 0.6) is 0 Å². The fourth-order valence-electron chi connectivity index (χ4n) is 2.42. The van der Waals surface area contributed by atoms with Crippen LogP contribution in [0.3, 0.4) is 0 Å². The first-order valence-electron chi connectivity index (χ1n) is 7.53. The van der Waals surface area contributed by atoms with Gasteiger partial charge in [-0.15, -0.1) is 11.3 Å². The Balaban J connectivity index is 1.85. The van der Waals surface area contributed by atoms with Gasteiger partial charge in [0.2, 0.25) is 0 Å². The summed E-state index contributed by atoms with van der Waals surface area (Å²) in [5, 5.41) is 6.85. The summed E-state index contributed by atoms with van der Waals surface area (Å²) >= 11 is 1.54. The fourth-order valence-corrected chi connectivity index (χ4v) is 3.25. The van der Waals surface area contributed by atoms with Gasteiger partial charge in [-0.1, -0.05) is 41.6 Å². The second-order valence-corrected chi connectivity index (χ2v) is 6.28. The Morgan fingerprint density at radius 3 is 2.83 bits per heavy atom. The van der Waals surface area contributed by atoms with Gasteiger partial charge in [0.05, 0.1) is 16.4 Å². The van der Waals surface area contributed by atoms with Crippen molar-refractivity contribution in [3.63, 3.8) is 0 Å². The molecule has 0 fully saturated rings. The molecule has 3 nitrogen and oxygen atoms in total. The lowest BCUT2D eigenvalue weighted by Crippen LogP contribution is -1.96. The smallest absolute Gasteiger partial charge is 0.126 e. The molecule has 0 aliphatic rings. The van der Waals surface area contributed by atoms with Crippen LogP contribution in [0, 0.1) is 5.82 Å². The van der Waals surface area contributed by atoms with Crippen molar-refractivity contribution in [2.75, 3.05) is 7.11 Å². The van der Waals surface area contributed by atoms with E-state index in [0.29, 0.717) is 12.0 Å². The molecule has 0 spiro atoms. The van der Waals surface area contributed by atoms with E-state index in [1.54, 1.807) is 12.1 Å². The van der Waals surface area contributed by atoms with E-state index < -0.39 is 0 Å². The summed E-state index contributed by atoms with van der Waals surface area (Å²) in [7, 11) is 1.53. The van der Waals surface area contributed by atoms with E-state index in [9.17, 15) is 4.39 Å². The number of halogens is 1. The molecule has 0 atom stereocenters. The van der Waals surface area contributed by atoms with Gasteiger partial charge in [0.1, 0.15) is 12.9 Å². The molecule has 0 unspecified atom stereocenters. The zero-order chi connectivity index (χ0) is 16.9. The molecular weight excluding hydrogens is 323 g/mol.